The molecular weight excluding hydrogens is 128 g/mol. The summed E-state index contributed by atoms with van der Waals surface area (Å²) < 4.78 is 5.03. The predicted molar refractivity (Wildman–Crippen MR) is 30.8 cm³/mol. The summed E-state index contributed by atoms with van der Waals surface area (Å²) in [5.41, 5.74) is -0.160. The van der Waals surface area contributed by atoms with Gasteiger partial charge in [-0.15, -0.1) is 0 Å². The average Bonchev–Trinajstić information content (AvgIpc) is 2.14. The molecule has 1 aliphatic heterocycles. The molecule has 0 spiro atoms. The molecular formula is C5H9ClO2. The van der Waals surface area contributed by atoms with Crippen molar-refractivity contribution in [3.8, 4) is 0 Å². The zero-order chi connectivity index (χ0) is 5.98. The lowest BCUT2D eigenvalue weighted by Gasteiger charge is -2.03. The Balaban J connectivity index is 2.22. The van der Waals surface area contributed by atoms with Crippen molar-refractivity contribution in [3.05, 3.63) is 0 Å². The Hall–Kier alpha value is 0.210. The van der Waals surface area contributed by atoms with Gasteiger partial charge in [0.25, 0.3) is 0 Å². The third-order valence-electron chi connectivity index (χ3n) is 1.26. The van der Waals surface area contributed by atoms with Crippen LogP contribution in [-0.4, -0.2) is 23.4 Å². The van der Waals surface area contributed by atoms with E-state index in [1.54, 1.807) is 0 Å². The first-order valence-electron chi connectivity index (χ1n) is 2.73. The Kier molecular flexibility index (Phi) is 2.11. The standard InChI is InChI=1S/C5H9ClO2/c6-5-2-1-4(3-7)8-5/h4-5,7H,1-3H2. The number of halogens is 1. The van der Waals surface area contributed by atoms with Gasteiger partial charge >= 0.3 is 0 Å². The maximum absolute atomic E-state index is 8.50. The molecule has 0 aromatic carbocycles. The Morgan fingerprint density at radius 1 is 1.62 bits per heavy atom. The van der Waals surface area contributed by atoms with Gasteiger partial charge in [0, 0.05) is 0 Å². The van der Waals surface area contributed by atoms with Crippen LogP contribution in [0.15, 0.2) is 0 Å². The number of aliphatic hydroxyl groups excluding tert-OH is 1. The number of hydrogen-bond donors (Lipinski definition) is 1. The van der Waals surface area contributed by atoms with E-state index in [1.165, 1.54) is 0 Å². The Morgan fingerprint density at radius 2 is 2.38 bits per heavy atom. The first-order valence-corrected chi connectivity index (χ1v) is 3.17. The van der Waals surface area contributed by atoms with E-state index < -0.39 is 0 Å². The minimum Gasteiger partial charge on any atom is -0.394 e. The van der Waals surface area contributed by atoms with E-state index in [0.717, 1.165) is 12.8 Å². The lowest BCUT2D eigenvalue weighted by Crippen LogP contribution is -2.11. The fraction of sp³-hybridized carbons (Fsp3) is 1.00. The molecule has 3 heteroatoms. The van der Waals surface area contributed by atoms with Gasteiger partial charge in [-0.2, -0.15) is 0 Å². The largest absolute Gasteiger partial charge is 0.394 e. The lowest BCUT2D eigenvalue weighted by atomic mass is 10.2. The molecule has 8 heavy (non-hydrogen) atoms. The Bertz CT molecular complexity index is 76.8. The van der Waals surface area contributed by atoms with Gasteiger partial charge in [0.15, 0.2) is 0 Å². The predicted octanol–water partition coefficient (Wildman–Crippen LogP) is 0.723. The topological polar surface area (TPSA) is 29.5 Å². The molecule has 1 aliphatic rings. The summed E-state index contributed by atoms with van der Waals surface area (Å²) in [6.45, 7) is 0.100. The molecule has 1 fully saturated rings. The van der Waals surface area contributed by atoms with Crippen molar-refractivity contribution in [2.75, 3.05) is 6.61 Å². The van der Waals surface area contributed by atoms with E-state index in [2.05, 4.69) is 0 Å². The molecule has 0 bridgehead atoms. The summed E-state index contributed by atoms with van der Waals surface area (Å²) in [6, 6.07) is 0. The highest BCUT2D eigenvalue weighted by Gasteiger charge is 2.21. The van der Waals surface area contributed by atoms with Crippen LogP contribution in [-0.2, 0) is 4.74 Å². The van der Waals surface area contributed by atoms with E-state index in [9.17, 15) is 0 Å². The third kappa shape index (κ3) is 1.34. The van der Waals surface area contributed by atoms with Gasteiger partial charge in [0.2, 0.25) is 0 Å². The van der Waals surface area contributed by atoms with Crippen LogP contribution in [0.2, 0.25) is 0 Å². The van der Waals surface area contributed by atoms with Crippen LogP contribution in [0, 0.1) is 0 Å². The van der Waals surface area contributed by atoms with Gasteiger partial charge in [-0.25, -0.2) is 0 Å². The normalized spacial score (nSPS) is 38.2. The second-order valence-electron chi connectivity index (χ2n) is 1.93. The van der Waals surface area contributed by atoms with E-state index >= 15 is 0 Å². The van der Waals surface area contributed by atoms with Crippen molar-refractivity contribution >= 4 is 11.6 Å². The minimum absolute atomic E-state index is 0.00231. The third-order valence-corrected chi connectivity index (χ3v) is 1.58. The van der Waals surface area contributed by atoms with Crippen LogP contribution >= 0.6 is 11.6 Å². The van der Waals surface area contributed by atoms with Crippen LogP contribution in [0.4, 0.5) is 0 Å². The highest BCUT2D eigenvalue weighted by atomic mass is 35.5. The van der Waals surface area contributed by atoms with Crippen molar-refractivity contribution in [1.29, 1.82) is 0 Å². The monoisotopic (exact) mass is 136 g/mol. The van der Waals surface area contributed by atoms with E-state index in [1.807, 2.05) is 0 Å². The van der Waals surface area contributed by atoms with Gasteiger partial charge in [-0.1, -0.05) is 11.6 Å². The highest BCUT2D eigenvalue weighted by Crippen LogP contribution is 2.21. The van der Waals surface area contributed by atoms with Crippen LogP contribution in [0.5, 0.6) is 0 Å². The molecule has 1 N–H and O–H groups in total. The number of hydrogen-bond acceptors (Lipinski definition) is 2. The van der Waals surface area contributed by atoms with Crippen molar-refractivity contribution in [3.63, 3.8) is 0 Å². The zero-order valence-electron chi connectivity index (χ0n) is 4.51. The zero-order valence-corrected chi connectivity index (χ0v) is 5.27. The summed E-state index contributed by atoms with van der Waals surface area (Å²) in [7, 11) is 0. The van der Waals surface area contributed by atoms with Crippen molar-refractivity contribution in [2.24, 2.45) is 0 Å². The highest BCUT2D eigenvalue weighted by molar-refractivity contribution is 6.19. The molecule has 1 heterocycles. The smallest absolute Gasteiger partial charge is 0.131 e. The number of rotatable bonds is 1. The first-order chi connectivity index (χ1) is 3.83. The quantitative estimate of drug-likeness (QED) is 0.539. The molecule has 1 saturated heterocycles. The molecule has 0 radical (unpaired) electrons. The summed E-state index contributed by atoms with van der Waals surface area (Å²) >= 11 is 5.55. The summed E-state index contributed by atoms with van der Waals surface area (Å²) in [5, 5.41) is 8.50. The molecule has 1 rings (SSSR count). The number of ether oxygens (including phenoxy) is 1. The molecule has 0 aromatic rings. The molecule has 0 aliphatic carbocycles. The molecule has 2 unspecified atom stereocenters. The minimum atomic E-state index is -0.160. The maximum atomic E-state index is 8.50. The molecule has 2 atom stereocenters. The van der Waals surface area contributed by atoms with Gasteiger partial charge in [0.1, 0.15) is 5.56 Å². The number of aliphatic hydroxyl groups is 1. The summed E-state index contributed by atoms with van der Waals surface area (Å²) in [5.74, 6) is 0. The van der Waals surface area contributed by atoms with E-state index in [0.29, 0.717) is 0 Å². The second-order valence-corrected chi connectivity index (χ2v) is 2.41. The maximum Gasteiger partial charge on any atom is 0.131 e. The first kappa shape index (κ1) is 6.33. The molecule has 0 saturated carbocycles. The van der Waals surface area contributed by atoms with Gasteiger partial charge < -0.3 is 9.84 Å². The van der Waals surface area contributed by atoms with Gasteiger partial charge in [-0.05, 0) is 12.8 Å². The fourth-order valence-electron chi connectivity index (χ4n) is 0.796. The van der Waals surface area contributed by atoms with Crippen molar-refractivity contribution in [2.45, 2.75) is 24.5 Å². The molecule has 0 amide bonds. The van der Waals surface area contributed by atoms with Crippen molar-refractivity contribution in [1.82, 2.24) is 0 Å². The van der Waals surface area contributed by atoms with Crippen LogP contribution < -0.4 is 0 Å². The lowest BCUT2D eigenvalue weighted by molar-refractivity contribution is 0.0435. The van der Waals surface area contributed by atoms with Crippen LogP contribution in [0.3, 0.4) is 0 Å². The Morgan fingerprint density at radius 3 is 2.62 bits per heavy atom. The second kappa shape index (κ2) is 2.67. The average molecular weight is 137 g/mol. The van der Waals surface area contributed by atoms with Crippen LogP contribution in [0.1, 0.15) is 12.8 Å². The molecule has 0 aromatic heterocycles. The SMILES string of the molecule is OCC1CCC(Cl)O1. The van der Waals surface area contributed by atoms with Gasteiger partial charge in [0.05, 0.1) is 12.7 Å². The molecule has 48 valence electrons. The van der Waals surface area contributed by atoms with E-state index in [-0.39, 0.29) is 18.3 Å². The number of alkyl halides is 1. The van der Waals surface area contributed by atoms with Crippen LogP contribution in [0.25, 0.3) is 0 Å². The summed E-state index contributed by atoms with van der Waals surface area (Å²) in [6.07, 6.45) is 1.76. The Labute approximate surface area is 53.4 Å². The van der Waals surface area contributed by atoms with Gasteiger partial charge in [-0.3, -0.25) is 0 Å². The summed E-state index contributed by atoms with van der Waals surface area (Å²) in [4.78, 5) is 0. The molecule has 2 nitrogen and oxygen atoms in total. The van der Waals surface area contributed by atoms with E-state index in [4.69, 9.17) is 21.4 Å². The fourth-order valence-corrected chi connectivity index (χ4v) is 1.07. The van der Waals surface area contributed by atoms with Crippen molar-refractivity contribution < 1.29 is 9.84 Å².